The quantitative estimate of drug-likeness (QED) is 0.221. The molecule has 0 unspecified atom stereocenters. The van der Waals surface area contributed by atoms with Gasteiger partial charge in [0.05, 0.1) is 14.2 Å². The van der Waals surface area contributed by atoms with E-state index >= 15 is 0 Å². The van der Waals surface area contributed by atoms with E-state index in [1.165, 1.54) is 0 Å². The Bertz CT molecular complexity index is 430. The number of nitrogens with zero attached hydrogens (tertiary/aromatic N) is 1. The molecule has 1 rings (SSSR count). The van der Waals surface area contributed by atoms with Crippen LogP contribution in [0.1, 0.15) is 13.3 Å². The first-order chi connectivity index (χ1) is 10.2. The lowest BCUT2D eigenvalue weighted by Crippen LogP contribution is -2.36. The molecule has 0 aliphatic carbocycles. The number of hydrazine groups is 1. The summed E-state index contributed by atoms with van der Waals surface area (Å²) < 4.78 is 15.7. The Hall–Kier alpha value is -1.99. The third-order valence-electron chi connectivity index (χ3n) is 2.67. The van der Waals surface area contributed by atoms with Crippen LogP contribution in [0.15, 0.2) is 23.2 Å². The molecule has 0 radical (unpaired) electrons. The second-order valence-electron chi connectivity index (χ2n) is 4.15. The zero-order valence-electron chi connectivity index (χ0n) is 12.8. The molecular formula is C14H24N4O3. The van der Waals surface area contributed by atoms with Crippen molar-refractivity contribution >= 4 is 11.6 Å². The van der Waals surface area contributed by atoms with E-state index < -0.39 is 0 Å². The Kier molecular flexibility index (Phi) is 8.00. The van der Waals surface area contributed by atoms with Crippen molar-refractivity contribution in [2.45, 2.75) is 13.3 Å². The van der Waals surface area contributed by atoms with Gasteiger partial charge in [-0.15, -0.1) is 0 Å². The molecule has 7 heteroatoms. The lowest BCUT2D eigenvalue weighted by atomic mass is 10.3. The van der Waals surface area contributed by atoms with Crippen LogP contribution in [-0.2, 0) is 4.74 Å². The Labute approximate surface area is 125 Å². The van der Waals surface area contributed by atoms with Gasteiger partial charge in [-0.2, -0.15) is 0 Å². The first kappa shape index (κ1) is 17.1. The summed E-state index contributed by atoms with van der Waals surface area (Å²) in [7, 11) is 3.20. The van der Waals surface area contributed by atoms with Gasteiger partial charge in [0.25, 0.3) is 0 Å². The lowest BCUT2D eigenvalue weighted by Gasteiger charge is -2.12. The number of nitrogens with one attached hydrogen (secondary N) is 2. The molecule has 4 N–H and O–H groups in total. The average Bonchev–Trinajstić information content (AvgIpc) is 2.53. The lowest BCUT2D eigenvalue weighted by molar-refractivity contribution is 0.146. The van der Waals surface area contributed by atoms with Crippen LogP contribution >= 0.6 is 0 Å². The highest BCUT2D eigenvalue weighted by molar-refractivity contribution is 5.93. The van der Waals surface area contributed by atoms with Crippen LogP contribution in [0.2, 0.25) is 0 Å². The maximum atomic E-state index is 5.47. The van der Waals surface area contributed by atoms with Crippen molar-refractivity contribution in [3.05, 3.63) is 18.2 Å². The van der Waals surface area contributed by atoms with Crippen molar-refractivity contribution in [2.75, 3.05) is 39.3 Å². The minimum absolute atomic E-state index is 0.474. The summed E-state index contributed by atoms with van der Waals surface area (Å²) in [5, 5.41) is 3.08. The van der Waals surface area contributed by atoms with Crippen LogP contribution in [0.3, 0.4) is 0 Å². The topological polar surface area (TPSA) is 90.1 Å². The number of aliphatic imine (C=N–C) groups is 1. The largest absolute Gasteiger partial charge is 0.497 e. The van der Waals surface area contributed by atoms with Gasteiger partial charge in [0.2, 0.25) is 5.96 Å². The van der Waals surface area contributed by atoms with Gasteiger partial charge in [-0.1, -0.05) is 0 Å². The van der Waals surface area contributed by atoms with Gasteiger partial charge in [0.1, 0.15) is 11.5 Å². The molecule has 0 heterocycles. The maximum absolute atomic E-state index is 5.47. The highest BCUT2D eigenvalue weighted by Crippen LogP contribution is 2.25. The van der Waals surface area contributed by atoms with Gasteiger partial charge in [-0.3, -0.25) is 10.4 Å². The smallest absolute Gasteiger partial charge is 0.210 e. The van der Waals surface area contributed by atoms with E-state index in [-0.39, 0.29) is 0 Å². The van der Waals surface area contributed by atoms with E-state index in [2.05, 4.69) is 15.7 Å². The molecule has 0 atom stereocenters. The number of guanidine groups is 1. The van der Waals surface area contributed by atoms with Gasteiger partial charge < -0.3 is 19.5 Å². The van der Waals surface area contributed by atoms with Crippen molar-refractivity contribution in [3.8, 4) is 11.5 Å². The van der Waals surface area contributed by atoms with Gasteiger partial charge >= 0.3 is 0 Å². The van der Waals surface area contributed by atoms with Gasteiger partial charge in [-0.25, -0.2) is 5.84 Å². The minimum Gasteiger partial charge on any atom is -0.497 e. The first-order valence-corrected chi connectivity index (χ1v) is 6.82. The van der Waals surface area contributed by atoms with Gasteiger partial charge in [0.15, 0.2) is 0 Å². The maximum Gasteiger partial charge on any atom is 0.210 e. The van der Waals surface area contributed by atoms with Crippen LogP contribution in [0, 0.1) is 0 Å². The molecule has 0 fully saturated rings. The summed E-state index contributed by atoms with van der Waals surface area (Å²) in [6.07, 6.45) is 0.835. The number of benzene rings is 1. The van der Waals surface area contributed by atoms with E-state index in [9.17, 15) is 0 Å². The molecule has 0 bridgehead atoms. The molecule has 21 heavy (non-hydrogen) atoms. The minimum atomic E-state index is 0.474. The zero-order chi connectivity index (χ0) is 15.5. The SMILES string of the molecule is CCOCCCN=C(NN)Nc1cc(OC)cc(OC)c1. The number of nitrogens with two attached hydrogens (primary N) is 1. The van der Waals surface area contributed by atoms with Crippen molar-refractivity contribution in [3.63, 3.8) is 0 Å². The fourth-order valence-electron chi connectivity index (χ4n) is 1.64. The molecule has 0 aliphatic heterocycles. The van der Waals surface area contributed by atoms with Crippen LogP contribution in [0.4, 0.5) is 5.69 Å². The molecule has 0 aromatic heterocycles. The highest BCUT2D eigenvalue weighted by atomic mass is 16.5. The molecule has 0 aliphatic rings. The third kappa shape index (κ3) is 6.33. The zero-order valence-corrected chi connectivity index (χ0v) is 12.8. The Morgan fingerprint density at radius 1 is 1.19 bits per heavy atom. The second-order valence-corrected chi connectivity index (χ2v) is 4.15. The van der Waals surface area contributed by atoms with Gasteiger partial charge in [0, 0.05) is 43.6 Å². The van der Waals surface area contributed by atoms with Crippen LogP contribution < -0.4 is 26.1 Å². The molecule has 0 spiro atoms. The molecule has 1 aromatic carbocycles. The van der Waals surface area contributed by atoms with Crippen molar-refractivity contribution in [2.24, 2.45) is 10.8 Å². The molecule has 7 nitrogen and oxygen atoms in total. The monoisotopic (exact) mass is 296 g/mol. The van der Waals surface area contributed by atoms with E-state index in [0.29, 0.717) is 37.2 Å². The summed E-state index contributed by atoms with van der Waals surface area (Å²) in [4.78, 5) is 4.33. The van der Waals surface area contributed by atoms with E-state index in [1.807, 2.05) is 19.1 Å². The van der Waals surface area contributed by atoms with Crippen LogP contribution in [0.5, 0.6) is 11.5 Å². The Morgan fingerprint density at radius 3 is 2.38 bits per heavy atom. The molecule has 1 aromatic rings. The molecule has 0 saturated heterocycles. The molecule has 118 valence electrons. The van der Waals surface area contributed by atoms with E-state index in [4.69, 9.17) is 20.1 Å². The number of anilines is 1. The summed E-state index contributed by atoms with van der Waals surface area (Å²) in [6, 6.07) is 5.45. The first-order valence-electron chi connectivity index (χ1n) is 6.82. The number of hydrogen-bond acceptors (Lipinski definition) is 5. The fraction of sp³-hybridized carbons (Fsp3) is 0.500. The predicted molar refractivity (Wildman–Crippen MR) is 83.9 cm³/mol. The van der Waals surface area contributed by atoms with Crippen LogP contribution in [-0.4, -0.2) is 39.9 Å². The highest BCUT2D eigenvalue weighted by Gasteiger charge is 2.04. The summed E-state index contributed by atoms with van der Waals surface area (Å²) in [6.45, 7) is 3.99. The van der Waals surface area contributed by atoms with Crippen molar-refractivity contribution < 1.29 is 14.2 Å². The number of hydrogen-bond donors (Lipinski definition) is 3. The summed E-state index contributed by atoms with van der Waals surface area (Å²) in [5.41, 5.74) is 3.30. The van der Waals surface area contributed by atoms with E-state index in [0.717, 1.165) is 12.1 Å². The normalized spacial score (nSPS) is 11.1. The van der Waals surface area contributed by atoms with Crippen LogP contribution in [0.25, 0.3) is 0 Å². The number of rotatable bonds is 8. The third-order valence-corrected chi connectivity index (χ3v) is 2.67. The standard InChI is InChI=1S/C14H24N4O3/c1-4-21-7-5-6-16-14(18-15)17-11-8-12(19-2)10-13(9-11)20-3/h8-10H,4-7,15H2,1-3H3,(H2,16,17,18). The molecular weight excluding hydrogens is 272 g/mol. The number of ether oxygens (including phenoxy) is 3. The van der Waals surface area contributed by atoms with Gasteiger partial charge in [-0.05, 0) is 13.3 Å². The molecule has 0 saturated carbocycles. The molecule has 0 amide bonds. The fourth-order valence-corrected chi connectivity index (χ4v) is 1.64. The predicted octanol–water partition coefficient (Wildman–Crippen LogP) is 1.36. The summed E-state index contributed by atoms with van der Waals surface area (Å²) >= 11 is 0. The second kappa shape index (κ2) is 9.84. The Balaban J connectivity index is 2.65. The summed E-state index contributed by atoms with van der Waals surface area (Å²) in [5.74, 6) is 7.31. The average molecular weight is 296 g/mol. The van der Waals surface area contributed by atoms with Crippen molar-refractivity contribution in [1.82, 2.24) is 5.43 Å². The van der Waals surface area contributed by atoms with E-state index in [1.54, 1.807) is 20.3 Å². The van der Waals surface area contributed by atoms with Crippen molar-refractivity contribution in [1.29, 1.82) is 0 Å². The number of methoxy groups -OCH3 is 2. The Morgan fingerprint density at radius 2 is 1.86 bits per heavy atom.